The number of benzene rings is 1. The number of aromatic carboxylic acids is 1. The molecule has 0 radical (unpaired) electrons. The molecular formula is C12H11ClN2O2. The van der Waals surface area contributed by atoms with Gasteiger partial charge in [-0.05, 0) is 24.6 Å². The predicted molar refractivity (Wildman–Crippen MR) is 65.4 cm³/mol. The Morgan fingerprint density at radius 2 is 2.12 bits per heavy atom. The van der Waals surface area contributed by atoms with E-state index in [0.29, 0.717) is 10.7 Å². The maximum absolute atomic E-state index is 10.8. The Labute approximate surface area is 103 Å². The molecule has 1 N–H and O–H groups in total. The van der Waals surface area contributed by atoms with E-state index in [0.717, 1.165) is 11.1 Å². The number of rotatable bonds is 2. The standard InChI is InChI=1S/C12H11ClN2O2/c1-7-3-4-8(9(13)5-7)11-6-10(12(16)17)14-15(11)2/h3-6H,1-2H3,(H,16,17). The van der Waals surface area contributed by atoms with Gasteiger partial charge in [-0.3, -0.25) is 4.68 Å². The van der Waals surface area contributed by atoms with E-state index in [9.17, 15) is 4.79 Å². The molecule has 88 valence electrons. The molecule has 0 spiro atoms. The lowest BCUT2D eigenvalue weighted by Gasteiger charge is -2.05. The van der Waals surface area contributed by atoms with Crippen LogP contribution < -0.4 is 0 Å². The lowest BCUT2D eigenvalue weighted by Crippen LogP contribution is -1.99. The van der Waals surface area contributed by atoms with Crippen molar-refractivity contribution in [3.8, 4) is 11.3 Å². The maximum Gasteiger partial charge on any atom is 0.356 e. The minimum absolute atomic E-state index is 0.0131. The SMILES string of the molecule is Cc1ccc(-c2cc(C(=O)O)nn2C)c(Cl)c1. The molecule has 0 fully saturated rings. The van der Waals surface area contributed by atoms with Crippen molar-refractivity contribution in [2.75, 3.05) is 0 Å². The van der Waals surface area contributed by atoms with E-state index in [2.05, 4.69) is 5.10 Å². The minimum atomic E-state index is -1.05. The van der Waals surface area contributed by atoms with Crippen molar-refractivity contribution in [1.29, 1.82) is 0 Å². The van der Waals surface area contributed by atoms with E-state index in [1.54, 1.807) is 7.05 Å². The number of halogens is 1. The summed E-state index contributed by atoms with van der Waals surface area (Å²) < 4.78 is 1.51. The summed E-state index contributed by atoms with van der Waals surface area (Å²) in [6, 6.07) is 7.14. The summed E-state index contributed by atoms with van der Waals surface area (Å²) in [5.74, 6) is -1.05. The van der Waals surface area contributed by atoms with Crippen LogP contribution in [0.1, 0.15) is 16.1 Å². The molecule has 0 amide bonds. The van der Waals surface area contributed by atoms with Crippen LogP contribution in [0.25, 0.3) is 11.3 Å². The van der Waals surface area contributed by atoms with Crippen molar-refractivity contribution >= 4 is 17.6 Å². The second kappa shape index (κ2) is 4.22. The van der Waals surface area contributed by atoms with Crippen LogP contribution in [0.2, 0.25) is 5.02 Å². The Balaban J connectivity index is 2.56. The first-order valence-corrected chi connectivity index (χ1v) is 5.40. The van der Waals surface area contributed by atoms with E-state index in [1.807, 2.05) is 25.1 Å². The Bertz CT molecular complexity index is 590. The molecule has 0 unspecified atom stereocenters. The molecule has 0 aliphatic heterocycles. The summed E-state index contributed by atoms with van der Waals surface area (Å²) in [4.78, 5) is 10.8. The quantitative estimate of drug-likeness (QED) is 0.892. The molecular weight excluding hydrogens is 240 g/mol. The monoisotopic (exact) mass is 250 g/mol. The summed E-state index contributed by atoms with van der Waals surface area (Å²) in [7, 11) is 1.69. The third-order valence-corrected chi connectivity index (χ3v) is 2.81. The Kier molecular flexibility index (Phi) is 2.90. The normalized spacial score (nSPS) is 10.5. The first-order chi connectivity index (χ1) is 7.99. The third-order valence-electron chi connectivity index (χ3n) is 2.50. The van der Waals surface area contributed by atoms with E-state index in [-0.39, 0.29) is 5.69 Å². The number of carboxylic acid groups (broad SMARTS) is 1. The highest BCUT2D eigenvalue weighted by atomic mass is 35.5. The largest absolute Gasteiger partial charge is 0.476 e. The summed E-state index contributed by atoms with van der Waals surface area (Å²) in [5.41, 5.74) is 2.53. The van der Waals surface area contributed by atoms with Gasteiger partial charge in [0.2, 0.25) is 0 Å². The molecule has 2 aromatic rings. The average molecular weight is 251 g/mol. The van der Waals surface area contributed by atoms with Crippen molar-refractivity contribution in [2.24, 2.45) is 7.05 Å². The first-order valence-electron chi connectivity index (χ1n) is 5.03. The highest BCUT2D eigenvalue weighted by Crippen LogP contribution is 2.28. The van der Waals surface area contributed by atoms with E-state index < -0.39 is 5.97 Å². The van der Waals surface area contributed by atoms with Crippen LogP contribution in [0.15, 0.2) is 24.3 Å². The van der Waals surface area contributed by atoms with Crippen LogP contribution in [0, 0.1) is 6.92 Å². The van der Waals surface area contributed by atoms with Gasteiger partial charge in [0, 0.05) is 12.6 Å². The maximum atomic E-state index is 10.8. The summed E-state index contributed by atoms with van der Waals surface area (Å²) in [5, 5.41) is 13.4. The van der Waals surface area contributed by atoms with E-state index >= 15 is 0 Å². The predicted octanol–water partition coefficient (Wildman–Crippen LogP) is 2.75. The average Bonchev–Trinajstić information content (AvgIpc) is 2.61. The smallest absolute Gasteiger partial charge is 0.356 e. The highest BCUT2D eigenvalue weighted by molar-refractivity contribution is 6.33. The van der Waals surface area contributed by atoms with Gasteiger partial charge in [-0.2, -0.15) is 5.10 Å². The number of hydrogen-bond donors (Lipinski definition) is 1. The summed E-state index contributed by atoms with van der Waals surface area (Å²) in [6.07, 6.45) is 0. The van der Waals surface area contributed by atoms with Gasteiger partial charge in [0.1, 0.15) is 0 Å². The van der Waals surface area contributed by atoms with Gasteiger partial charge in [0.15, 0.2) is 5.69 Å². The van der Waals surface area contributed by atoms with Gasteiger partial charge in [-0.1, -0.05) is 23.7 Å². The van der Waals surface area contributed by atoms with Crippen molar-refractivity contribution in [3.63, 3.8) is 0 Å². The Morgan fingerprint density at radius 3 is 2.65 bits per heavy atom. The second-order valence-electron chi connectivity index (χ2n) is 3.83. The molecule has 0 atom stereocenters. The zero-order chi connectivity index (χ0) is 12.6. The van der Waals surface area contributed by atoms with Gasteiger partial charge in [0.25, 0.3) is 0 Å². The number of carboxylic acids is 1. The molecule has 5 heteroatoms. The van der Waals surface area contributed by atoms with Gasteiger partial charge in [-0.15, -0.1) is 0 Å². The molecule has 0 saturated heterocycles. The van der Waals surface area contributed by atoms with Crippen LogP contribution in [0.5, 0.6) is 0 Å². The zero-order valence-corrected chi connectivity index (χ0v) is 10.2. The molecule has 0 aliphatic rings. The second-order valence-corrected chi connectivity index (χ2v) is 4.23. The molecule has 17 heavy (non-hydrogen) atoms. The molecule has 1 aromatic heterocycles. The van der Waals surface area contributed by atoms with Crippen LogP contribution in [-0.2, 0) is 7.05 Å². The van der Waals surface area contributed by atoms with Gasteiger partial charge in [-0.25, -0.2) is 4.79 Å². The van der Waals surface area contributed by atoms with Gasteiger partial charge >= 0.3 is 5.97 Å². The van der Waals surface area contributed by atoms with Gasteiger partial charge in [0.05, 0.1) is 10.7 Å². The molecule has 0 aliphatic carbocycles. The molecule has 4 nitrogen and oxygen atoms in total. The van der Waals surface area contributed by atoms with Gasteiger partial charge < -0.3 is 5.11 Å². The number of aromatic nitrogens is 2. The number of carbonyl (C=O) groups is 1. The highest BCUT2D eigenvalue weighted by Gasteiger charge is 2.14. The third kappa shape index (κ3) is 2.17. The van der Waals surface area contributed by atoms with Crippen molar-refractivity contribution in [1.82, 2.24) is 9.78 Å². The van der Waals surface area contributed by atoms with E-state index in [1.165, 1.54) is 10.7 Å². The minimum Gasteiger partial charge on any atom is -0.476 e. The lowest BCUT2D eigenvalue weighted by molar-refractivity contribution is 0.0689. The Morgan fingerprint density at radius 1 is 1.41 bits per heavy atom. The molecule has 0 bridgehead atoms. The summed E-state index contributed by atoms with van der Waals surface area (Å²) >= 11 is 6.14. The molecule has 0 saturated carbocycles. The number of aryl methyl sites for hydroxylation is 2. The number of hydrogen-bond acceptors (Lipinski definition) is 2. The Hall–Kier alpha value is -1.81. The summed E-state index contributed by atoms with van der Waals surface area (Å²) in [6.45, 7) is 1.95. The van der Waals surface area contributed by atoms with Crippen molar-refractivity contribution in [3.05, 3.63) is 40.5 Å². The fourth-order valence-electron chi connectivity index (χ4n) is 1.65. The first kappa shape index (κ1) is 11.7. The van der Waals surface area contributed by atoms with E-state index in [4.69, 9.17) is 16.7 Å². The van der Waals surface area contributed by atoms with Crippen molar-refractivity contribution < 1.29 is 9.90 Å². The zero-order valence-electron chi connectivity index (χ0n) is 9.44. The lowest BCUT2D eigenvalue weighted by atomic mass is 10.1. The molecule has 2 rings (SSSR count). The van der Waals surface area contributed by atoms with Crippen LogP contribution in [0.4, 0.5) is 0 Å². The molecule has 1 heterocycles. The molecule has 1 aromatic carbocycles. The van der Waals surface area contributed by atoms with Crippen molar-refractivity contribution in [2.45, 2.75) is 6.92 Å². The topological polar surface area (TPSA) is 55.1 Å². The van der Waals surface area contributed by atoms with Crippen LogP contribution >= 0.6 is 11.6 Å². The fraction of sp³-hybridized carbons (Fsp3) is 0.167. The fourth-order valence-corrected chi connectivity index (χ4v) is 1.98. The number of nitrogens with zero attached hydrogens (tertiary/aromatic N) is 2. The van der Waals surface area contributed by atoms with Crippen LogP contribution in [-0.4, -0.2) is 20.9 Å². The van der Waals surface area contributed by atoms with Crippen LogP contribution in [0.3, 0.4) is 0 Å².